The first-order chi connectivity index (χ1) is 13.5. The van der Waals surface area contributed by atoms with E-state index in [1.165, 1.54) is 19.1 Å². The Bertz CT molecular complexity index is 960. The van der Waals surface area contributed by atoms with Crippen molar-refractivity contribution in [2.24, 2.45) is 5.92 Å². The highest BCUT2D eigenvalue weighted by Crippen LogP contribution is 2.19. The van der Waals surface area contributed by atoms with Crippen LogP contribution in [0.3, 0.4) is 0 Å². The molecule has 0 bridgehead atoms. The molecule has 8 heteroatoms. The molecule has 0 radical (unpaired) electrons. The van der Waals surface area contributed by atoms with Gasteiger partial charge in [-0.25, -0.2) is 17.2 Å². The number of nitrogens with one attached hydrogen (secondary N) is 2. The minimum absolute atomic E-state index is 0.0111. The molecule has 29 heavy (non-hydrogen) atoms. The maximum absolute atomic E-state index is 14.0. The number of sulfonamides is 1. The number of aryl methyl sites for hydroxylation is 1. The summed E-state index contributed by atoms with van der Waals surface area (Å²) in [6, 6.07) is 7.36. The van der Waals surface area contributed by atoms with Crippen LogP contribution < -0.4 is 10.0 Å². The number of hydrogen-bond acceptors (Lipinski definition) is 3. The summed E-state index contributed by atoms with van der Waals surface area (Å²) in [5.41, 5.74) is 0.898. The van der Waals surface area contributed by atoms with Crippen LogP contribution in [0.4, 0.5) is 8.78 Å². The molecule has 0 aliphatic carbocycles. The first kappa shape index (κ1) is 23.0. The molecule has 0 saturated heterocycles. The number of carbonyl (C=O) groups excluding carboxylic acids is 1. The van der Waals surface area contributed by atoms with E-state index in [1.54, 1.807) is 12.1 Å². The smallest absolute Gasteiger partial charge is 0.241 e. The Morgan fingerprint density at radius 1 is 1.03 bits per heavy atom. The van der Waals surface area contributed by atoms with Crippen molar-refractivity contribution in [2.75, 3.05) is 0 Å². The maximum Gasteiger partial charge on any atom is 0.241 e. The van der Waals surface area contributed by atoms with Crippen LogP contribution >= 0.6 is 0 Å². The minimum atomic E-state index is -3.93. The van der Waals surface area contributed by atoms with Gasteiger partial charge in [-0.3, -0.25) is 4.79 Å². The molecule has 2 N–H and O–H groups in total. The fraction of sp³-hybridized carbons (Fsp3) is 0.381. The summed E-state index contributed by atoms with van der Waals surface area (Å²) in [4.78, 5) is 12.8. The number of rotatable bonds is 8. The van der Waals surface area contributed by atoms with Gasteiger partial charge in [0.05, 0.1) is 10.9 Å². The summed E-state index contributed by atoms with van der Waals surface area (Å²) in [5, 5.41) is 2.58. The molecule has 0 aliphatic heterocycles. The molecule has 158 valence electrons. The van der Waals surface area contributed by atoms with Crippen molar-refractivity contribution in [3.8, 4) is 0 Å². The van der Waals surface area contributed by atoms with E-state index in [0.717, 1.165) is 23.8 Å². The normalized spacial score (nSPS) is 13.9. The van der Waals surface area contributed by atoms with Gasteiger partial charge in [-0.15, -0.1) is 0 Å². The fourth-order valence-electron chi connectivity index (χ4n) is 2.89. The van der Waals surface area contributed by atoms with Crippen LogP contribution in [-0.2, 0) is 14.8 Å². The lowest BCUT2D eigenvalue weighted by atomic mass is 10.0. The molecule has 2 unspecified atom stereocenters. The maximum atomic E-state index is 14.0. The van der Waals surface area contributed by atoms with Crippen molar-refractivity contribution in [1.29, 1.82) is 0 Å². The Kier molecular flexibility index (Phi) is 7.48. The summed E-state index contributed by atoms with van der Waals surface area (Å²) in [5.74, 6) is -1.86. The first-order valence-corrected chi connectivity index (χ1v) is 10.8. The quantitative estimate of drug-likeness (QED) is 0.676. The molecule has 0 aromatic heterocycles. The molecule has 2 rings (SSSR count). The van der Waals surface area contributed by atoms with Gasteiger partial charge in [-0.1, -0.05) is 31.5 Å². The Morgan fingerprint density at radius 3 is 2.24 bits per heavy atom. The molecule has 2 atom stereocenters. The predicted molar refractivity (Wildman–Crippen MR) is 108 cm³/mol. The SMILES string of the molecule is Cc1ccc(S(=O)(=O)NC(CC(C)C)C(=O)NC(C)c2cc(F)ccc2F)cc1. The van der Waals surface area contributed by atoms with Crippen LogP contribution in [0.15, 0.2) is 47.4 Å². The van der Waals surface area contributed by atoms with Crippen molar-refractivity contribution >= 4 is 15.9 Å². The third kappa shape index (κ3) is 6.33. The van der Waals surface area contributed by atoms with Crippen LogP contribution in [0.1, 0.15) is 44.4 Å². The Hall–Kier alpha value is -2.32. The molecular formula is C21H26F2N2O3S. The minimum Gasteiger partial charge on any atom is -0.348 e. The summed E-state index contributed by atoms with van der Waals surface area (Å²) < 4.78 is 55.2. The number of carbonyl (C=O) groups is 1. The molecular weight excluding hydrogens is 398 g/mol. The summed E-state index contributed by atoms with van der Waals surface area (Å²) in [6.07, 6.45) is 0.245. The van der Waals surface area contributed by atoms with Crippen molar-refractivity contribution in [1.82, 2.24) is 10.0 Å². The highest BCUT2D eigenvalue weighted by atomic mass is 32.2. The van der Waals surface area contributed by atoms with E-state index in [0.29, 0.717) is 0 Å². The van der Waals surface area contributed by atoms with E-state index in [9.17, 15) is 22.0 Å². The lowest BCUT2D eigenvalue weighted by Gasteiger charge is -2.23. The Balaban J connectivity index is 2.21. The lowest BCUT2D eigenvalue weighted by molar-refractivity contribution is -0.123. The molecule has 0 spiro atoms. The zero-order valence-corrected chi connectivity index (χ0v) is 17.7. The van der Waals surface area contributed by atoms with Crippen molar-refractivity contribution in [3.63, 3.8) is 0 Å². The predicted octanol–water partition coefficient (Wildman–Crippen LogP) is 3.84. The summed E-state index contributed by atoms with van der Waals surface area (Å²) >= 11 is 0. The molecule has 2 aromatic rings. The van der Waals surface area contributed by atoms with E-state index >= 15 is 0 Å². The molecule has 0 fully saturated rings. The van der Waals surface area contributed by atoms with Gasteiger partial charge in [-0.2, -0.15) is 4.72 Å². The second-order valence-electron chi connectivity index (χ2n) is 7.51. The zero-order chi connectivity index (χ0) is 21.8. The van der Waals surface area contributed by atoms with E-state index in [4.69, 9.17) is 0 Å². The Labute approximate surface area is 170 Å². The third-order valence-electron chi connectivity index (χ3n) is 4.44. The van der Waals surface area contributed by atoms with Crippen molar-refractivity contribution in [2.45, 2.75) is 51.1 Å². The molecule has 1 amide bonds. The number of benzene rings is 2. The molecule has 0 aliphatic rings. The first-order valence-electron chi connectivity index (χ1n) is 9.34. The molecule has 0 heterocycles. The zero-order valence-electron chi connectivity index (χ0n) is 16.9. The van der Waals surface area contributed by atoms with E-state index in [1.807, 2.05) is 20.8 Å². The second kappa shape index (κ2) is 9.45. The summed E-state index contributed by atoms with van der Waals surface area (Å²) in [7, 11) is -3.93. The molecule has 0 saturated carbocycles. The second-order valence-corrected chi connectivity index (χ2v) is 9.23. The van der Waals surface area contributed by atoms with E-state index < -0.39 is 39.6 Å². The van der Waals surface area contributed by atoms with Crippen molar-refractivity contribution in [3.05, 3.63) is 65.2 Å². The summed E-state index contributed by atoms with van der Waals surface area (Å²) in [6.45, 7) is 7.06. The third-order valence-corrected chi connectivity index (χ3v) is 5.92. The van der Waals surface area contributed by atoms with Crippen LogP contribution in [0.5, 0.6) is 0 Å². The largest absolute Gasteiger partial charge is 0.348 e. The van der Waals surface area contributed by atoms with Crippen LogP contribution in [0.25, 0.3) is 0 Å². The van der Waals surface area contributed by atoms with E-state index in [-0.39, 0.29) is 22.8 Å². The Morgan fingerprint density at radius 2 is 1.66 bits per heavy atom. The van der Waals surface area contributed by atoms with Gasteiger partial charge < -0.3 is 5.32 Å². The highest BCUT2D eigenvalue weighted by molar-refractivity contribution is 7.89. The standard InChI is InChI=1S/C21H26F2N2O3S/c1-13(2)11-20(25-29(27,28)17-8-5-14(3)6-9-17)21(26)24-15(4)18-12-16(22)7-10-19(18)23/h5-10,12-13,15,20,25H,11H2,1-4H3,(H,24,26). The van der Waals surface area contributed by atoms with Gasteiger partial charge in [0.25, 0.3) is 0 Å². The van der Waals surface area contributed by atoms with Crippen LogP contribution in [0.2, 0.25) is 0 Å². The molecule has 5 nitrogen and oxygen atoms in total. The van der Waals surface area contributed by atoms with Crippen molar-refractivity contribution < 1.29 is 22.0 Å². The van der Waals surface area contributed by atoms with E-state index in [2.05, 4.69) is 10.0 Å². The van der Waals surface area contributed by atoms with Gasteiger partial charge in [0, 0.05) is 5.56 Å². The number of halogens is 2. The van der Waals surface area contributed by atoms with Gasteiger partial charge in [0.1, 0.15) is 17.7 Å². The molecule has 2 aromatic carbocycles. The highest BCUT2D eigenvalue weighted by Gasteiger charge is 2.28. The van der Waals surface area contributed by atoms with Crippen LogP contribution in [-0.4, -0.2) is 20.4 Å². The van der Waals surface area contributed by atoms with Gasteiger partial charge in [0.2, 0.25) is 15.9 Å². The van der Waals surface area contributed by atoms with Gasteiger partial charge >= 0.3 is 0 Å². The monoisotopic (exact) mass is 424 g/mol. The lowest BCUT2D eigenvalue weighted by Crippen LogP contribution is -2.48. The van der Waals surface area contributed by atoms with Gasteiger partial charge in [0.15, 0.2) is 0 Å². The number of amides is 1. The van der Waals surface area contributed by atoms with Gasteiger partial charge in [-0.05, 0) is 56.5 Å². The average Bonchev–Trinajstić information content (AvgIpc) is 2.62. The average molecular weight is 425 g/mol. The fourth-order valence-corrected chi connectivity index (χ4v) is 4.10. The number of hydrogen-bond donors (Lipinski definition) is 2. The van der Waals surface area contributed by atoms with Crippen LogP contribution in [0, 0.1) is 24.5 Å². The topological polar surface area (TPSA) is 75.3 Å².